The Morgan fingerprint density at radius 3 is 2.17 bits per heavy atom. The highest BCUT2D eigenvalue weighted by Gasteiger charge is 2.26. The van der Waals surface area contributed by atoms with E-state index in [1.165, 1.54) is 0 Å². The molecule has 3 nitrogen and oxygen atoms in total. The molecule has 0 aliphatic carbocycles. The highest BCUT2D eigenvalue weighted by molar-refractivity contribution is 5.96. The van der Waals surface area contributed by atoms with Crippen molar-refractivity contribution in [3.05, 3.63) is 66.2 Å². The molecule has 1 aliphatic heterocycles. The quantitative estimate of drug-likeness (QED) is 0.740. The molecule has 3 heteroatoms. The van der Waals surface area contributed by atoms with Crippen LogP contribution in [-0.2, 0) is 4.74 Å². The van der Waals surface area contributed by atoms with Crippen LogP contribution in [-0.4, -0.2) is 23.2 Å². The van der Waals surface area contributed by atoms with Crippen LogP contribution >= 0.6 is 0 Å². The predicted molar refractivity (Wildman–Crippen MR) is 97.6 cm³/mol. The number of aliphatic imine (C=N–C) groups is 1. The Kier molecular flexibility index (Phi) is 3.31. The minimum absolute atomic E-state index is 0.141. The second-order valence-corrected chi connectivity index (χ2v) is 6.84. The summed E-state index contributed by atoms with van der Waals surface area (Å²) in [5.74, 6) is 1.01. The maximum Gasteiger partial charge on any atom is 0.216 e. The molecule has 0 radical (unpaired) electrons. The normalized spacial score (nSPS) is 16.0. The second kappa shape index (κ2) is 5.38. The zero-order valence-electron chi connectivity index (χ0n) is 13.8. The van der Waals surface area contributed by atoms with Crippen LogP contribution in [0.5, 0.6) is 5.75 Å². The lowest BCUT2D eigenvalue weighted by atomic mass is 10.00. The first-order valence-corrected chi connectivity index (χ1v) is 8.06. The summed E-state index contributed by atoms with van der Waals surface area (Å²) in [5, 5.41) is 11.7. The number of fused-ring (bicyclic) bond motifs is 1. The Balaban J connectivity index is 1.67. The highest BCUT2D eigenvalue weighted by atomic mass is 16.5. The minimum atomic E-state index is -0.141. The van der Waals surface area contributed by atoms with E-state index >= 15 is 0 Å². The lowest BCUT2D eigenvalue weighted by Crippen LogP contribution is -2.17. The van der Waals surface area contributed by atoms with Crippen molar-refractivity contribution in [3.8, 4) is 16.9 Å². The summed E-state index contributed by atoms with van der Waals surface area (Å²) in [7, 11) is 0. The molecule has 0 aromatic heterocycles. The van der Waals surface area contributed by atoms with Gasteiger partial charge in [0.05, 0.1) is 5.54 Å². The van der Waals surface area contributed by atoms with Gasteiger partial charge in [0.1, 0.15) is 12.4 Å². The summed E-state index contributed by atoms with van der Waals surface area (Å²) < 4.78 is 5.70. The molecular formula is C21H19NO2. The van der Waals surface area contributed by atoms with Crippen LogP contribution in [0.25, 0.3) is 21.9 Å². The zero-order valence-corrected chi connectivity index (χ0v) is 13.8. The molecule has 0 unspecified atom stereocenters. The fraction of sp³-hybridized carbons (Fsp3) is 0.190. The Labute approximate surface area is 141 Å². The number of hydrogen-bond donors (Lipinski definition) is 1. The fourth-order valence-electron chi connectivity index (χ4n) is 2.95. The molecule has 0 bridgehead atoms. The van der Waals surface area contributed by atoms with Crippen molar-refractivity contribution in [3.63, 3.8) is 0 Å². The van der Waals surface area contributed by atoms with Gasteiger partial charge in [0.15, 0.2) is 0 Å². The molecule has 1 N–H and O–H groups in total. The summed E-state index contributed by atoms with van der Waals surface area (Å²) in [5.41, 5.74) is 3.16. The van der Waals surface area contributed by atoms with Crippen molar-refractivity contribution in [2.75, 3.05) is 6.61 Å². The van der Waals surface area contributed by atoms with E-state index < -0.39 is 0 Å². The van der Waals surface area contributed by atoms with E-state index in [4.69, 9.17) is 4.74 Å². The van der Waals surface area contributed by atoms with Crippen molar-refractivity contribution in [1.82, 2.24) is 0 Å². The summed E-state index contributed by atoms with van der Waals surface area (Å²) in [6, 6.07) is 20.0. The predicted octanol–water partition coefficient (Wildman–Crippen LogP) is 4.77. The third kappa shape index (κ3) is 2.73. The van der Waals surface area contributed by atoms with Crippen LogP contribution in [0.15, 0.2) is 65.7 Å². The molecule has 0 fully saturated rings. The molecule has 3 aromatic rings. The molecule has 0 saturated heterocycles. The number of ether oxygens (including phenoxy) is 1. The van der Waals surface area contributed by atoms with Gasteiger partial charge in [-0.2, -0.15) is 0 Å². The zero-order chi connectivity index (χ0) is 16.7. The average Bonchev–Trinajstić information content (AvgIpc) is 2.94. The smallest absolute Gasteiger partial charge is 0.216 e. The van der Waals surface area contributed by atoms with E-state index in [0.717, 1.165) is 33.4 Å². The van der Waals surface area contributed by atoms with Crippen molar-refractivity contribution in [2.24, 2.45) is 4.99 Å². The standard InChI is InChI=1S/C21H19NO2/c1-21(2)13-24-20(22-21)15-5-3-14(4-6-15)16-7-8-18-12-19(23)10-9-17(18)11-16/h3-12,23H,13H2,1-2H3. The van der Waals surface area contributed by atoms with Gasteiger partial charge in [-0.1, -0.05) is 30.3 Å². The molecule has 0 atom stereocenters. The molecule has 0 saturated carbocycles. The summed E-state index contributed by atoms with van der Waals surface area (Å²) in [6.45, 7) is 4.77. The van der Waals surface area contributed by atoms with E-state index in [1.807, 2.05) is 12.1 Å². The number of aromatic hydroxyl groups is 1. The molecule has 1 heterocycles. The molecule has 0 spiro atoms. The van der Waals surface area contributed by atoms with Gasteiger partial charge in [0, 0.05) is 5.56 Å². The van der Waals surface area contributed by atoms with Gasteiger partial charge in [-0.05, 0) is 66.1 Å². The third-order valence-corrected chi connectivity index (χ3v) is 4.26. The fourth-order valence-corrected chi connectivity index (χ4v) is 2.95. The first kappa shape index (κ1) is 14.8. The third-order valence-electron chi connectivity index (χ3n) is 4.26. The number of hydrogen-bond acceptors (Lipinski definition) is 3. The summed E-state index contributed by atoms with van der Waals surface area (Å²) in [4.78, 5) is 4.61. The van der Waals surface area contributed by atoms with Gasteiger partial charge in [-0.3, -0.25) is 0 Å². The van der Waals surface area contributed by atoms with Crippen LogP contribution in [0.3, 0.4) is 0 Å². The van der Waals surface area contributed by atoms with Crippen LogP contribution in [0.1, 0.15) is 19.4 Å². The van der Waals surface area contributed by atoms with Crippen molar-refractivity contribution < 1.29 is 9.84 Å². The highest BCUT2D eigenvalue weighted by Crippen LogP contribution is 2.28. The van der Waals surface area contributed by atoms with Crippen molar-refractivity contribution in [1.29, 1.82) is 0 Å². The van der Waals surface area contributed by atoms with Gasteiger partial charge in [-0.15, -0.1) is 0 Å². The Bertz CT molecular complexity index is 940. The molecule has 4 rings (SSSR count). The average molecular weight is 317 g/mol. The molecule has 120 valence electrons. The molecule has 24 heavy (non-hydrogen) atoms. The van der Waals surface area contributed by atoms with E-state index in [9.17, 15) is 5.11 Å². The first-order valence-electron chi connectivity index (χ1n) is 8.06. The monoisotopic (exact) mass is 317 g/mol. The number of rotatable bonds is 2. The lowest BCUT2D eigenvalue weighted by molar-refractivity contribution is 0.279. The first-order chi connectivity index (χ1) is 11.5. The van der Waals surface area contributed by atoms with Crippen LogP contribution in [0.4, 0.5) is 0 Å². The number of nitrogens with zero attached hydrogens (tertiary/aromatic N) is 1. The van der Waals surface area contributed by atoms with Crippen LogP contribution < -0.4 is 0 Å². The van der Waals surface area contributed by atoms with Gasteiger partial charge >= 0.3 is 0 Å². The maximum atomic E-state index is 9.56. The van der Waals surface area contributed by atoms with Gasteiger partial charge in [0.25, 0.3) is 0 Å². The molecular weight excluding hydrogens is 298 g/mol. The summed E-state index contributed by atoms with van der Waals surface area (Å²) >= 11 is 0. The largest absolute Gasteiger partial charge is 0.508 e. The van der Waals surface area contributed by atoms with Crippen LogP contribution in [0.2, 0.25) is 0 Å². The Morgan fingerprint density at radius 2 is 1.46 bits per heavy atom. The topological polar surface area (TPSA) is 41.8 Å². The second-order valence-electron chi connectivity index (χ2n) is 6.84. The SMILES string of the molecule is CC1(C)COC(c2ccc(-c3ccc4cc(O)ccc4c3)cc2)=N1. The van der Waals surface area contributed by atoms with Crippen molar-refractivity contribution >= 4 is 16.7 Å². The minimum Gasteiger partial charge on any atom is -0.508 e. The maximum absolute atomic E-state index is 9.56. The molecule has 1 aliphatic rings. The van der Waals surface area contributed by atoms with E-state index in [0.29, 0.717) is 12.4 Å². The van der Waals surface area contributed by atoms with Gasteiger partial charge in [-0.25, -0.2) is 4.99 Å². The number of benzene rings is 3. The van der Waals surface area contributed by atoms with Crippen molar-refractivity contribution in [2.45, 2.75) is 19.4 Å². The number of phenolic OH excluding ortho intramolecular Hbond substituents is 1. The van der Waals surface area contributed by atoms with E-state index in [1.54, 1.807) is 12.1 Å². The Hall–Kier alpha value is -2.81. The van der Waals surface area contributed by atoms with Crippen LogP contribution in [0, 0.1) is 0 Å². The number of phenols is 1. The van der Waals surface area contributed by atoms with E-state index in [-0.39, 0.29) is 5.54 Å². The Morgan fingerprint density at radius 1 is 0.833 bits per heavy atom. The molecule has 3 aromatic carbocycles. The summed E-state index contributed by atoms with van der Waals surface area (Å²) in [6.07, 6.45) is 0. The van der Waals surface area contributed by atoms with Gasteiger partial charge < -0.3 is 9.84 Å². The van der Waals surface area contributed by atoms with Gasteiger partial charge in [0.2, 0.25) is 5.90 Å². The lowest BCUT2D eigenvalue weighted by Gasteiger charge is -2.07. The van der Waals surface area contributed by atoms with E-state index in [2.05, 4.69) is 55.2 Å². The molecule has 0 amide bonds.